The Labute approximate surface area is 109 Å². The number of hydrogen-bond donors (Lipinski definition) is 1. The van der Waals surface area contributed by atoms with Crippen LogP contribution < -0.4 is 5.32 Å². The van der Waals surface area contributed by atoms with Crippen LogP contribution >= 0.6 is 11.6 Å². The Hall–Kier alpha value is -0.530. The lowest BCUT2D eigenvalue weighted by Gasteiger charge is -2.19. The van der Waals surface area contributed by atoms with Gasteiger partial charge < -0.3 is 5.32 Å². The summed E-state index contributed by atoms with van der Waals surface area (Å²) in [4.78, 5) is 0. The highest BCUT2D eigenvalue weighted by Crippen LogP contribution is 2.30. The molecule has 2 heteroatoms. The van der Waals surface area contributed by atoms with Crippen molar-refractivity contribution in [2.24, 2.45) is 0 Å². The second kappa shape index (κ2) is 4.99. The van der Waals surface area contributed by atoms with Gasteiger partial charge in [-0.15, -0.1) is 0 Å². The molecule has 92 valence electrons. The number of benzene rings is 1. The third-order valence-corrected chi connectivity index (χ3v) is 4.45. The molecule has 0 bridgehead atoms. The minimum atomic E-state index is 0.674. The molecule has 0 radical (unpaired) electrons. The summed E-state index contributed by atoms with van der Waals surface area (Å²) in [6.45, 7) is 1.18. The Morgan fingerprint density at radius 2 is 2.06 bits per heavy atom. The summed E-state index contributed by atoms with van der Waals surface area (Å²) in [6, 6.07) is 5.28. The monoisotopic (exact) mass is 249 g/mol. The van der Waals surface area contributed by atoms with E-state index in [1.165, 1.54) is 61.8 Å². The van der Waals surface area contributed by atoms with E-state index in [0.29, 0.717) is 6.04 Å². The van der Waals surface area contributed by atoms with Crippen LogP contribution in [-0.2, 0) is 19.3 Å². The second-order valence-electron chi connectivity index (χ2n) is 5.42. The molecule has 1 N–H and O–H groups in total. The van der Waals surface area contributed by atoms with Crippen molar-refractivity contribution in [2.75, 3.05) is 6.54 Å². The first-order valence-corrected chi connectivity index (χ1v) is 7.24. The molecule has 0 spiro atoms. The molecule has 1 fully saturated rings. The maximum Gasteiger partial charge on any atom is 0.0443 e. The summed E-state index contributed by atoms with van der Waals surface area (Å²) in [5, 5.41) is 4.57. The summed E-state index contributed by atoms with van der Waals surface area (Å²) >= 11 is 6.41. The van der Waals surface area contributed by atoms with Crippen LogP contribution in [0.1, 0.15) is 42.4 Å². The van der Waals surface area contributed by atoms with Crippen LogP contribution in [0.2, 0.25) is 5.02 Å². The Bertz CT molecular complexity index is 408. The predicted molar refractivity (Wildman–Crippen MR) is 72.8 cm³/mol. The molecular weight excluding hydrogens is 230 g/mol. The molecule has 1 unspecified atom stereocenters. The average Bonchev–Trinajstić information content (AvgIpc) is 2.82. The fourth-order valence-electron chi connectivity index (χ4n) is 3.21. The number of fused-ring (bicyclic) bond motifs is 1. The van der Waals surface area contributed by atoms with Crippen molar-refractivity contribution in [1.29, 1.82) is 0 Å². The third-order valence-electron chi connectivity index (χ3n) is 4.12. The van der Waals surface area contributed by atoms with Crippen LogP contribution in [0.4, 0.5) is 0 Å². The van der Waals surface area contributed by atoms with E-state index >= 15 is 0 Å². The van der Waals surface area contributed by atoms with Gasteiger partial charge in [-0.3, -0.25) is 0 Å². The predicted octanol–water partition coefficient (Wildman–Crippen LogP) is 3.51. The minimum absolute atomic E-state index is 0.674. The average molecular weight is 250 g/mol. The topological polar surface area (TPSA) is 12.0 Å². The fourth-order valence-corrected chi connectivity index (χ4v) is 3.57. The van der Waals surface area contributed by atoms with Gasteiger partial charge in [-0.1, -0.05) is 17.7 Å². The molecule has 0 aromatic heterocycles. The summed E-state index contributed by atoms with van der Waals surface area (Å²) in [7, 11) is 0. The molecule has 2 aliphatic rings. The second-order valence-corrected chi connectivity index (χ2v) is 5.83. The quantitative estimate of drug-likeness (QED) is 0.846. The Morgan fingerprint density at radius 3 is 2.88 bits per heavy atom. The Kier molecular flexibility index (Phi) is 3.39. The zero-order valence-corrected chi connectivity index (χ0v) is 11.0. The molecule has 1 aliphatic carbocycles. The van der Waals surface area contributed by atoms with Crippen molar-refractivity contribution in [2.45, 2.75) is 51.0 Å². The van der Waals surface area contributed by atoms with Gasteiger partial charge in [0.25, 0.3) is 0 Å². The van der Waals surface area contributed by atoms with Crippen molar-refractivity contribution >= 4 is 11.6 Å². The Morgan fingerprint density at radius 1 is 1.18 bits per heavy atom. The van der Waals surface area contributed by atoms with E-state index in [0.717, 1.165) is 11.4 Å². The molecule has 1 nitrogen and oxygen atoms in total. The highest BCUT2D eigenvalue weighted by Gasteiger charge is 2.17. The van der Waals surface area contributed by atoms with E-state index in [9.17, 15) is 0 Å². The maximum atomic E-state index is 6.41. The Balaban J connectivity index is 1.82. The highest BCUT2D eigenvalue weighted by molar-refractivity contribution is 6.31. The number of halogens is 1. The van der Waals surface area contributed by atoms with E-state index in [1.807, 2.05) is 0 Å². The lowest BCUT2D eigenvalue weighted by molar-refractivity contribution is 0.601. The molecule has 17 heavy (non-hydrogen) atoms. The van der Waals surface area contributed by atoms with Gasteiger partial charge in [-0.25, -0.2) is 0 Å². The summed E-state index contributed by atoms with van der Waals surface area (Å²) < 4.78 is 0. The molecule has 1 aromatic carbocycles. The molecule has 0 saturated carbocycles. The van der Waals surface area contributed by atoms with Gasteiger partial charge in [0.1, 0.15) is 0 Å². The van der Waals surface area contributed by atoms with E-state index in [-0.39, 0.29) is 0 Å². The van der Waals surface area contributed by atoms with Gasteiger partial charge in [0, 0.05) is 11.1 Å². The van der Waals surface area contributed by atoms with Crippen LogP contribution in [0.15, 0.2) is 12.1 Å². The maximum absolute atomic E-state index is 6.41. The molecule has 1 saturated heterocycles. The van der Waals surface area contributed by atoms with Crippen LogP contribution in [0.3, 0.4) is 0 Å². The number of nitrogens with one attached hydrogen (secondary N) is 1. The number of hydrogen-bond acceptors (Lipinski definition) is 1. The van der Waals surface area contributed by atoms with Gasteiger partial charge in [0.05, 0.1) is 0 Å². The summed E-state index contributed by atoms with van der Waals surface area (Å²) in [6.07, 6.45) is 8.81. The molecule has 1 atom stereocenters. The molecule has 3 rings (SSSR count). The third kappa shape index (κ3) is 2.51. The van der Waals surface area contributed by atoms with Crippen molar-refractivity contribution in [3.8, 4) is 0 Å². The fraction of sp³-hybridized carbons (Fsp3) is 0.600. The van der Waals surface area contributed by atoms with Gasteiger partial charge in [0.15, 0.2) is 0 Å². The van der Waals surface area contributed by atoms with E-state index in [1.54, 1.807) is 0 Å². The van der Waals surface area contributed by atoms with Crippen molar-refractivity contribution in [1.82, 2.24) is 5.32 Å². The highest BCUT2D eigenvalue weighted by atomic mass is 35.5. The normalized spacial score (nSPS) is 23.7. The smallest absolute Gasteiger partial charge is 0.0443 e. The van der Waals surface area contributed by atoms with Crippen LogP contribution in [-0.4, -0.2) is 12.6 Å². The standard InChI is InChI=1S/C15H20ClN/c16-15-10-11(9-13-5-3-7-17-13)8-12-4-1-2-6-14(12)15/h8,10,13,17H,1-7,9H2. The number of rotatable bonds is 2. The SMILES string of the molecule is Clc1cc(CC2CCCN2)cc2c1CCCC2. The molecule has 0 amide bonds. The van der Waals surface area contributed by atoms with Gasteiger partial charge in [-0.05, 0) is 74.2 Å². The minimum Gasteiger partial charge on any atom is -0.314 e. The lowest BCUT2D eigenvalue weighted by Crippen LogP contribution is -2.23. The van der Waals surface area contributed by atoms with E-state index in [2.05, 4.69) is 17.4 Å². The summed E-state index contributed by atoms with van der Waals surface area (Å²) in [5.41, 5.74) is 4.35. The van der Waals surface area contributed by atoms with Gasteiger partial charge in [0.2, 0.25) is 0 Å². The first-order chi connectivity index (χ1) is 8.33. The van der Waals surface area contributed by atoms with E-state index in [4.69, 9.17) is 11.6 Å². The van der Waals surface area contributed by atoms with Crippen molar-refractivity contribution < 1.29 is 0 Å². The van der Waals surface area contributed by atoms with Crippen molar-refractivity contribution in [3.05, 3.63) is 33.8 Å². The van der Waals surface area contributed by atoms with Crippen molar-refractivity contribution in [3.63, 3.8) is 0 Å². The largest absolute Gasteiger partial charge is 0.314 e. The number of aryl methyl sites for hydroxylation is 1. The van der Waals surface area contributed by atoms with Gasteiger partial charge >= 0.3 is 0 Å². The zero-order chi connectivity index (χ0) is 11.7. The van der Waals surface area contributed by atoms with E-state index < -0.39 is 0 Å². The molecule has 1 aliphatic heterocycles. The molecule has 1 heterocycles. The lowest BCUT2D eigenvalue weighted by atomic mass is 9.89. The zero-order valence-electron chi connectivity index (χ0n) is 10.3. The van der Waals surface area contributed by atoms with Crippen LogP contribution in [0.25, 0.3) is 0 Å². The molecule has 1 aromatic rings. The summed E-state index contributed by atoms with van der Waals surface area (Å²) in [5.74, 6) is 0. The molecular formula is C15H20ClN. The van der Waals surface area contributed by atoms with Gasteiger partial charge in [-0.2, -0.15) is 0 Å². The van der Waals surface area contributed by atoms with Crippen LogP contribution in [0, 0.1) is 0 Å². The van der Waals surface area contributed by atoms with Crippen LogP contribution in [0.5, 0.6) is 0 Å². The first kappa shape index (κ1) is 11.6. The first-order valence-electron chi connectivity index (χ1n) is 6.86.